The Kier molecular flexibility index (Phi) is 6.17. The summed E-state index contributed by atoms with van der Waals surface area (Å²) in [5, 5.41) is 3.25. The predicted molar refractivity (Wildman–Crippen MR) is 109 cm³/mol. The van der Waals surface area contributed by atoms with E-state index in [0.29, 0.717) is 6.54 Å². The molecule has 0 aliphatic heterocycles. The molecule has 0 heterocycles. The molecule has 4 heteroatoms. The summed E-state index contributed by atoms with van der Waals surface area (Å²) in [4.78, 5) is 15.4. The maximum Gasteiger partial charge on any atom is 0.230 e. The number of amides is 1. The largest absolute Gasteiger partial charge is 0.497 e. The molecule has 1 fully saturated rings. The number of hydrogen-bond acceptors (Lipinski definition) is 3. The molecule has 1 N–H and O–H groups in total. The van der Waals surface area contributed by atoms with Crippen LogP contribution in [-0.2, 0) is 10.2 Å². The molecule has 1 amide bonds. The normalized spacial score (nSPS) is 16.0. The molecular formula is C23H30N2O2. The van der Waals surface area contributed by atoms with Gasteiger partial charge in [0.1, 0.15) is 5.75 Å². The number of nitrogens with zero attached hydrogens (tertiary/aromatic N) is 1. The molecule has 0 aromatic heterocycles. The van der Waals surface area contributed by atoms with Crippen LogP contribution in [0.4, 0.5) is 0 Å². The van der Waals surface area contributed by atoms with Gasteiger partial charge < -0.3 is 10.1 Å². The maximum atomic E-state index is 13.0. The summed E-state index contributed by atoms with van der Waals surface area (Å²) >= 11 is 0. The van der Waals surface area contributed by atoms with Crippen LogP contribution in [0.3, 0.4) is 0 Å². The van der Waals surface area contributed by atoms with Gasteiger partial charge in [0.2, 0.25) is 5.91 Å². The second kappa shape index (κ2) is 8.57. The molecule has 2 aromatic carbocycles. The van der Waals surface area contributed by atoms with Gasteiger partial charge >= 0.3 is 0 Å². The molecule has 2 aromatic rings. The highest BCUT2D eigenvalue weighted by molar-refractivity contribution is 5.91. The van der Waals surface area contributed by atoms with Crippen LogP contribution < -0.4 is 10.1 Å². The minimum absolute atomic E-state index is 0.130. The van der Waals surface area contributed by atoms with Gasteiger partial charge in [-0.3, -0.25) is 9.69 Å². The summed E-state index contributed by atoms with van der Waals surface area (Å²) in [6.45, 7) is 6.77. The Morgan fingerprint density at radius 3 is 2.41 bits per heavy atom. The van der Waals surface area contributed by atoms with Crippen LogP contribution in [0.2, 0.25) is 0 Å². The van der Waals surface area contributed by atoms with Gasteiger partial charge in [-0.15, -0.1) is 0 Å². The van der Waals surface area contributed by atoms with E-state index >= 15 is 0 Å². The van der Waals surface area contributed by atoms with Crippen molar-refractivity contribution in [3.63, 3.8) is 0 Å². The van der Waals surface area contributed by atoms with E-state index in [2.05, 4.69) is 48.3 Å². The summed E-state index contributed by atoms with van der Waals surface area (Å²) in [6.07, 6.45) is 1.86. The van der Waals surface area contributed by atoms with Crippen LogP contribution >= 0.6 is 0 Å². The van der Waals surface area contributed by atoms with Crippen molar-refractivity contribution >= 4 is 5.91 Å². The lowest BCUT2D eigenvalue weighted by Crippen LogP contribution is -2.41. The van der Waals surface area contributed by atoms with E-state index in [1.54, 1.807) is 7.11 Å². The van der Waals surface area contributed by atoms with Crippen molar-refractivity contribution < 1.29 is 9.53 Å². The first-order chi connectivity index (χ1) is 13.1. The minimum atomic E-state index is -0.330. The molecular weight excluding hydrogens is 336 g/mol. The minimum Gasteiger partial charge on any atom is -0.497 e. The highest BCUT2D eigenvalue weighted by atomic mass is 16.5. The van der Waals surface area contributed by atoms with Gasteiger partial charge in [-0.25, -0.2) is 0 Å². The van der Waals surface area contributed by atoms with E-state index in [9.17, 15) is 4.79 Å². The van der Waals surface area contributed by atoms with Crippen molar-refractivity contribution in [1.82, 2.24) is 10.2 Å². The molecule has 0 saturated heterocycles. The SMILES string of the molecule is CCN(CC)C(CNC(=O)C1(c2ccccc2)CC1)c1cccc(OC)c1. The molecule has 0 bridgehead atoms. The highest BCUT2D eigenvalue weighted by Gasteiger charge is 2.51. The lowest BCUT2D eigenvalue weighted by Gasteiger charge is -2.31. The summed E-state index contributed by atoms with van der Waals surface area (Å²) in [7, 11) is 1.68. The molecule has 27 heavy (non-hydrogen) atoms. The molecule has 1 unspecified atom stereocenters. The third kappa shape index (κ3) is 4.16. The van der Waals surface area contributed by atoms with Crippen molar-refractivity contribution in [3.8, 4) is 5.75 Å². The molecule has 1 atom stereocenters. The fourth-order valence-corrected chi connectivity index (χ4v) is 3.86. The van der Waals surface area contributed by atoms with Crippen molar-refractivity contribution in [2.45, 2.75) is 38.1 Å². The molecule has 3 rings (SSSR count). The summed E-state index contributed by atoms with van der Waals surface area (Å²) < 4.78 is 5.39. The number of methoxy groups -OCH3 is 1. The lowest BCUT2D eigenvalue weighted by atomic mass is 9.94. The van der Waals surface area contributed by atoms with Crippen molar-refractivity contribution in [3.05, 3.63) is 65.7 Å². The second-order valence-corrected chi connectivity index (χ2v) is 7.17. The number of carbonyl (C=O) groups is 1. The summed E-state index contributed by atoms with van der Waals surface area (Å²) in [5.74, 6) is 0.993. The van der Waals surface area contributed by atoms with Gasteiger partial charge in [0.15, 0.2) is 0 Å². The fourth-order valence-electron chi connectivity index (χ4n) is 3.86. The molecule has 1 saturated carbocycles. The zero-order valence-corrected chi connectivity index (χ0v) is 16.6. The van der Waals surface area contributed by atoms with E-state index in [4.69, 9.17) is 4.74 Å². The molecule has 0 radical (unpaired) electrons. The molecule has 4 nitrogen and oxygen atoms in total. The van der Waals surface area contributed by atoms with Crippen LogP contribution in [0.15, 0.2) is 54.6 Å². The number of rotatable bonds is 9. The number of nitrogens with one attached hydrogen (secondary N) is 1. The van der Waals surface area contributed by atoms with Gasteiger partial charge in [0.25, 0.3) is 0 Å². The number of likely N-dealkylation sites (N-methyl/N-ethyl adjacent to an activating group) is 1. The topological polar surface area (TPSA) is 41.6 Å². The van der Waals surface area contributed by atoms with Crippen LogP contribution in [0, 0.1) is 0 Å². The van der Waals surface area contributed by atoms with Crippen molar-refractivity contribution in [2.75, 3.05) is 26.7 Å². The first-order valence-corrected chi connectivity index (χ1v) is 9.86. The average molecular weight is 367 g/mol. The number of carbonyl (C=O) groups excluding carboxylic acids is 1. The van der Waals surface area contributed by atoms with Crippen molar-refractivity contribution in [2.24, 2.45) is 0 Å². The third-order valence-corrected chi connectivity index (χ3v) is 5.70. The Morgan fingerprint density at radius 1 is 1.11 bits per heavy atom. The van der Waals surface area contributed by atoms with Gasteiger partial charge in [-0.2, -0.15) is 0 Å². The van der Waals surface area contributed by atoms with E-state index in [0.717, 1.165) is 37.2 Å². The number of ether oxygens (including phenoxy) is 1. The van der Waals surface area contributed by atoms with E-state index < -0.39 is 0 Å². The Balaban J connectivity index is 1.76. The Labute approximate surface area is 162 Å². The van der Waals surface area contributed by atoms with Gasteiger partial charge in [0, 0.05) is 6.54 Å². The smallest absolute Gasteiger partial charge is 0.230 e. The maximum absolute atomic E-state index is 13.0. The first-order valence-electron chi connectivity index (χ1n) is 9.86. The molecule has 0 spiro atoms. The van der Waals surface area contributed by atoms with Crippen LogP contribution in [-0.4, -0.2) is 37.6 Å². The monoisotopic (exact) mass is 366 g/mol. The van der Waals surface area contributed by atoms with Gasteiger partial charge in [-0.1, -0.05) is 56.3 Å². The summed E-state index contributed by atoms with van der Waals surface area (Å²) in [5.41, 5.74) is 1.97. The van der Waals surface area contributed by atoms with E-state index in [-0.39, 0.29) is 17.4 Å². The molecule has 1 aliphatic carbocycles. The standard InChI is InChI=1S/C23H30N2O2/c1-4-25(5-2)21(18-10-9-13-20(16-18)27-3)17-24-22(26)23(14-15-23)19-11-7-6-8-12-19/h6-13,16,21H,4-5,14-15,17H2,1-3H3,(H,24,26). The second-order valence-electron chi connectivity index (χ2n) is 7.17. The van der Waals surface area contributed by atoms with Crippen molar-refractivity contribution in [1.29, 1.82) is 0 Å². The zero-order valence-electron chi connectivity index (χ0n) is 16.6. The van der Waals surface area contributed by atoms with Crippen LogP contribution in [0.25, 0.3) is 0 Å². The van der Waals surface area contributed by atoms with E-state index in [1.807, 2.05) is 30.3 Å². The highest BCUT2D eigenvalue weighted by Crippen LogP contribution is 2.48. The molecule has 144 valence electrons. The lowest BCUT2D eigenvalue weighted by molar-refractivity contribution is -0.123. The third-order valence-electron chi connectivity index (χ3n) is 5.70. The fraction of sp³-hybridized carbons (Fsp3) is 0.435. The van der Waals surface area contributed by atoms with E-state index in [1.165, 1.54) is 5.56 Å². The summed E-state index contributed by atoms with van der Waals surface area (Å²) in [6, 6.07) is 18.4. The quantitative estimate of drug-likeness (QED) is 0.731. The Morgan fingerprint density at radius 2 is 1.81 bits per heavy atom. The number of hydrogen-bond donors (Lipinski definition) is 1. The Bertz CT molecular complexity index is 752. The molecule has 1 aliphatic rings. The average Bonchev–Trinajstić information content (AvgIpc) is 3.54. The van der Waals surface area contributed by atoms with Gasteiger partial charge in [0.05, 0.1) is 18.6 Å². The first kappa shape index (κ1) is 19.4. The van der Waals surface area contributed by atoms with Crippen LogP contribution in [0.1, 0.15) is 43.9 Å². The Hall–Kier alpha value is -2.33. The number of benzene rings is 2. The van der Waals surface area contributed by atoms with Gasteiger partial charge in [-0.05, 0) is 49.2 Å². The van der Waals surface area contributed by atoms with Crippen LogP contribution in [0.5, 0.6) is 5.75 Å². The predicted octanol–water partition coefficient (Wildman–Crippen LogP) is 3.93. The zero-order chi connectivity index (χ0) is 19.3.